The molecular formula is C24H32Cl2N2. The molecule has 0 spiro atoms. The molecule has 2 nitrogen and oxygen atoms in total. The third kappa shape index (κ3) is 6.77. The summed E-state index contributed by atoms with van der Waals surface area (Å²) < 4.78 is 0. The molecule has 4 heteroatoms. The van der Waals surface area contributed by atoms with Gasteiger partial charge in [0.2, 0.25) is 0 Å². The Morgan fingerprint density at radius 1 is 0.857 bits per heavy atom. The van der Waals surface area contributed by atoms with Crippen LogP contribution in [0.5, 0.6) is 0 Å². The van der Waals surface area contributed by atoms with Crippen molar-refractivity contribution in [3.05, 3.63) is 69.7 Å². The second kappa shape index (κ2) is 11.2. The highest BCUT2D eigenvalue weighted by Crippen LogP contribution is 2.29. The molecule has 0 aromatic heterocycles. The fraction of sp³-hybridized carbons (Fsp3) is 0.500. The molecule has 2 N–H and O–H groups in total. The predicted octanol–water partition coefficient (Wildman–Crippen LogP) is 6.19. The van der Waals surface area contributed by atoms with Gasteiger partial charge in [0.05, 0.1) is 10.0 Å². The van der Waals surface area contributed by atoms with Gasteiger partial charge in [-0.3, -0.25) is 4.90 Å². The second-order valence-corrected chi connectivity index (χ2v) is 9.01. The smallest absolute Gasteiger partial charge is 0.0595 e. The first kappa shape index (κ1) is 21.6. The Hall–Kier alpha value is -1.06. The number of hydrogen-bond acceptors (Lipinski definition) is 2. The van der Waals surface area contributed by atoms with Gasteiger partial charge in [0.1, 0.15) is 0 Å². The van der Waals surface area contributed by atoms with Crippen molar-refractivity contribution in [2.45, 2.75) is 45.1 Å². The lowest BCUT2D eigenvalue weighted by atomic mass is 9.82. The SMILES string of the molecule is NCC1CCC(CN(CCCc2ccccc2)Cc2ccc(Cl)c(Cl)c2)CC1. The van der Waals surface area contributed by atoms with Crippen molar-refractivity contribution in [2.75, 3.05) is 19.6 Å². The van der Waals surface area contributed by atoms with Crippen LogP contribution in [0.2, 0.25) is 10.0 Å². The summed E-state index contributed by atoms with van der Waals surface area (Å²) in [6.45, 7) is 4.04. The van der Waals surface area contributed by atoms with Crippen LogP contribution in [-0.4, -0.2) is 24.5 Å². The number of nitrogens with two attached hydrogens (primary N) is 1. The van der Waals surface area contributed by atoms with E-state index < -0.39 is 0 Å². The molecular weight excluding hydrogens is 387 g/mol. The minimum atomic E-state index is 0.626. The van der Waals surface area contributed by atoms with E-state index >= 15 is 0 Å². The van der Waals surface area contributed by atoms with Crippen LogP contribution in [0.1, 0.15) is 43.2 Å². The standard InChI is InChI=1S/C24H32Cl2N2/c25-23-13-12-22(15-24(23)26)18-28(14-4-7-19-5-2-1-3-6-19)17-21-10-8-20(16-27)9-11-21/h1-3,5-6,12-13,15,20-21H,4,7-11,14,16-18,27H2. The molecule has 3 rings (SSSR count). The van der Waals surface area contributed by atoms with Crippen molar-refractivity contribution in [1.82, 2.24) is 4.90 Å². The molecule has 0 atom stereocenters. The highest BCUT2D eigenvalue weighted by atomic mass is 35.5. The van der Waals surface area contributed by atoms with E-state index in [0.29, 0.717) is 10.0 Å². The maximum absolute atomic E-state index is 6.24. The van der Waals surface area contributed by atoms with E-state index in [-0.39, 0.29) is 0 Å². The molecule has 0 heterocycles. The number of aryl methyl sites for hydroxylation is 1. The lowest BCUT2D eigenvalue weighted by Gasteiger charge is -2.32. The summed E-state index contributed by atoms with van der Waals surface area (Å²) in [6, 6.07) is 16.8. The van der Waals surface area contributed by atoms with Gasteiger partial charge in [-0.15, -0.1) is 0 Å². The highest BCUT2D eigenvalue weighted by Gasteiger charge is 2.22. The van der Waals surface area contributed by atoms with Gasteiger partial charge in [-0.2, -0.15) is 0 Å². The Bertz CT molecular complexity index is 712. The molecule has 1 aliphatic carbocycles. The van der Waals surface area contributed by atoms with E-state index in [9.17, 15) is 0 Å². The summed E-state index contributed by atoms with van der Waals surface area (Å²) >= 11 is 12.3. The van der Waals surface area contributed by atoms with Gasteiger partial charge in [-0.05, 0) is 86.7 Å². The van der Waals surface area contributed by atoms with Gasteiger partial charge in [0.25, 0.3) is 0 Å². The number of benzene rings is 2. The van der Waals surface area contributed by atoms with Gasteiger partial charge in [-0.1, -0.05) is 59.6 Å². The van der Waals surface area contributed by atoms with Crippen LogP contribution < -0.4 is 5.73 Å². The van der Waals surface area contributed by atoms with Crippen molar-refractivity contribution >= 4 is 23.2 Å². The van der Waals surface area contributed by atoms with Gasteiger partial charge in [-0.25, -0.2) is 0 Å². The molecule has 0 amide bonds. The molecule has 2 aromatic carbocycles. The first-order valence-corrected chi connectivity index (χ1v) is 11.3. The van der Waals surface area contributed by atoms with Crippen molar-refractivity contribution in [3.63, 3.8) is 0 Å². The first-order chi connectivity index (χ1) is 13.6. The van der Waals surface area contributed by atoms with Crippen molar-refractivity contribution in [2.24, 2.45) is 17.6 Å². The number of rotatable bonds is 9. The van der Waals surface area contributed by atoms with E-state index in [0.717, 1.165) is 44.4 Å². The minimum Gasteiger partial charge on any atom is -0.330 e. The van der Waals surface area contributed by atoms with Gasteiger partial charge < -0.3 is 5.73 Å². The zero-order valence-corrected chi connectivity index (χ0v) is 18.1. The maximum Gasteiger partial charge on any atom is 0.0595 e. The van der Waals surface area contributed by atoms with Gasteiger partial charge >= 0.3 is 0 Å². The van der Waals surface area contributed by atoms with E-state index in [1.165, 1.54) is 43.2 Å². The highest BCUT2D eigenvalue weighted by molar-refractivity contribution is 6.42. The summed E-state index contributed by atoms with van der Waals surface area (Å²) in [6.07, 6.45) is 7.47. The van der Waals surface area contributed by atoms with Crippen molar-refractivity contribution < 1.29 is 0 Å². The van der Waals surface area contributed by atoms with Crippen molar-refractivity contribution in [1.29, 1.82) is 0 Å². The molecule has 0 saturated heterocycles. The van der Waals surface area contributed by atoms with Crippen LogP contribution in [0.25, 0.3) is 0 Å². The lowest BCUT2D eigenvalue weighted by molar-refractivity contribution is 0.174. The Labute approximate surface area is 180 Å². The fourth-order valence-electron chi connectivity index (χ4n) is 4.30. The summed E-state index contributed by atoms with van der Waals surface area (Å²) in [4.78, 5) is 2.61. The molecule has 1 fully saturated rings. The van der Waals surface area contributed by atoms with E-state index in [1.807, 2.05) is 12.1 Å². The third-order valence-electron chi connectivity index (χ3n) is 5.99. The Balaban J connectivity index is 1.58. The zero-order valence-electron chi connectivity index (χ0n) is 16.6. The molecule has 1 saturated carbocycles. The zero-order chi connectivity index (χ0) is 19.8. The Kier molecular flexibility index (Phi) is 8.66. The van der Waals surface area contributed by atoms with Crippen LogP contribution in [0.3, 0.4) is 0 Å². The van der Waals surface area contributed by atoms with Crippen LogP contribution in [0.15, 0.2) is 48.5 Å². The molecule has 0 radical (unpaired) electrons. The molecule has 0 unspecified atom stereocenters. The lowest BCUT2D eigenvalue weighted by Crippen LogP contribution is -2.33. The van der Waals surface area contributed by atoms with Crippen LogP contribution in [-0.2, 0) is 13.0 Å². The van der Waals surface area contributed by atoms with Gasteiger partial charge in [0, 0.05) is 13.1 Å². The monoisotopic (exact) mass is 418 g/mol. The van der Waals surface area contributed by atoms with Crippen molar-refractivity contribution in [3.8, 4) is 0 Å². The number of halogens is 2. The predicted molar refractivity (Wildman–Crippen MR) is 121 cm³/mol. The molecule has 28 heavy (non-hydrogen) atoms. The fourth-order valence-corrected chi connectivity index (χ4v) is 4.62. The van der Waals surface area contributed by atoms with Crippen LogP contribution in [0.4, 0.5) is 0 Å². The Morgan fingerprint density at radius 2 is 1.57 bits per heavy atom. The summed E-state index contributed by atoms with van der Waals surface area (Å²) in [7, 11) is 0. The summed E-state index contributed by atoms with van der Waals surface area (Å²) in [5.74, 6) is 1.51. The molecule has 2 aromatic rings. The summed E-state index contributed by atoms with van der Waals surface area (Å²) in [5.41, 5.74) is 8.52. The van der Waals surface area contributed by atoms with E-state index in [4.69, 9.17) is 28.9 Å². The summed E-state index contributed by atoms with van der Waals surface area (Å²) in [5, 5.41) is 1.27. The van der Waals surface area contributed by atoms with Crippen LogP contribution in [0, 0.1) is 11.8 Å². The Morgan fingerprint density at radius 3 is 2.25 bits per heavy atom. The molecule has 0 bridgehead atoms. The van der Waals surface area contributed by atoms with Crippen LogP contribution >= 0.6 is 23.2 Å². The number of hydrogen-bond donors (Lipinski definition) is 1. The average molecular weight is 419 g/mol. The largest absolute Gasteiger partial charge is 0.330 e. The first-order valence-electron chi connectivity index (χ1n) is 10.5. The quantitative estimate of drug-likeness (QED) is 0.525. The van der Waals surface area contributed by atoms with E-state index in [2.05, 4.69) is 41.3 Å². The minimum absolute atomic E-state index is 0.626. The topological polar surface area (TPSA) is 29.3 Å². The van der Waals surface area contributed by atoms with Gasteiger partial charge in [0.15, 0.2) is 0 Å². The second-order valence-electron chi connectivity index (χ2n) is 8.20. The molecule has 1 aliphatic rings. The third-order valence-corrected chi connectivity index (χ3v) is 6.73. The normalized spacial score (nSPS) is 19.9. The maximum atomic E-state index is 6.24. The number of nitrogens with zero attached hydrogens (tertiary/aromatic N) is 1. The molecule has 0 aliphatic heterocycles. The van der Waals surface area contributed by atoms with E-state index in [1.54, 1.807) is 0 Å². The molecule has 152 valence electrons. The average Bonchev–Trinajstić information content (AvgIpc) is 2.72.